The van der Waals surface area contributed by atoms with Gasteiger partial charge in [0.05, 0.1) is 11.5 Å². The Bertz CT molecular complexity index is 701. The molecule has 118 valence electrons. The number of nitro benzene ring substituents is 1. The van der Waals surface area contributed by atoms with Crippen molar-refractivity contribution in [2.45, 2.75) is 6.92 Å². The highest BCUT2D eigenvalue weighted by Crippen LogP contribution is 2.31. The van der Waals surface area contributed by atoms with Gasteiger partial charge in [0, 0.05) is 0 Å². The van der Waals surface area contributed by atoms with Gasteiger partial charge in [-0.15, -0.1) is 0 Å². The number of ketones is 1. The first-order valence-electron chi connectivity index (χ1n) is 5.56. The third kappa shape index (κ3) is 2.80. The summed E-state index contributed by atoms with van der Waals surface area (Å²) >= 11 is 0. The van der Waals surface area contributed by atoms with Gasteiger partial charge in [-0.2, -0.15) is 4.39 Å². The van der Waals surface area contributed by atoms with E-state index in [9.17, 15) is 37.3 Å². The summed E-state index contributed by atoms with van der Waals surface area (Å²) in [6.45, 7) is 4.07. The van der Waals surface area contributed by atoms with Crippen molar-refractivity contribution in [2.24, 2.45) is 0 Å². The molecule has 6 nitrogen and oxygen atoms in total. The van der Waals surface area contributed by atoms with Gasteiger partial charge in [0.25, 0.3) is 0 Å². The van der Waals surface area contributed by atoms with E-state index < -0.39 is 56.8 Å². The smallest absolute Gasteiger partial charge is 0.341 e. The fourth-order valence-corrected chi connectivity index (χ4v) is 1.46. The first-order valence-corrected chi connectivity index (χ1v) is 5.56. The van der Waals surface area contributed by atoms with Gasteiger partial charge in [-0.25, -0.2) is 18.0 Å². The van der Waals surface area contributed by atoms with Crippen LogP contribution in [0.4, 0.5) is 23.2 Å². The van der Waals surface area contributed by atoms with E-state index in [2.05, 4.69) is 11.3 Å². The summed E-state index contributed by atoms with van der Waals surface area (Å²) in [7, 11) is 0. The standard InChI is InChI=1S/C12H7F4NO5/c1-3-22-12(19)4(2)11(18)5-6(13)7(14)8(15)9(16)10(5)17(20)21/h2-3H2,1H3. The number of hydrogen-bond acceptors (Lipinski definition) is 5. The van der Waals surface area contributed by atoms with Crippen LogP contribution in [0.15, 0.2) is 12.2 Å². The maximum atomic E-state index is 13.6. The lowest BCUT2D eigenvalue weighted by Crippen LogP contribution is -2.19. The predicted octanol–water partition coefficient (Wildman–Crippen LogP) is 2.45. The van der Waals surface area contributed by atoms with Crippen LogP contribution in [0.5, 0.6) is 0 Å². The second-order valence-corrected chi connectivity index (χ2v) is 3.76. The summed E-state index contributed by atoms with van der Waals surface area (Å²) in [4.78, 5) is 32.2. The molecule has 0 atom stereocenters. The number of halogens is 4. The largest absolute Gasteiger partial charge is 0.462 e. The third-order valence-electron chi connectivity index (χ3n) is 2.45. The van der Waals surface area contributed by atoms with E-state index in [0.717, 1.165) is 0 Å². The number of Topliss-reactive ketones (excluding diaryl/α,β-unsaturated/α-hetero) is 1. The number of esters is 1. The summed E-state index contributed by atoms with van der Waals surface area (Å²) in [6, 6.07) is 0. The highest BCUT2D eigenvalue weighted by atomic mass is 19.2. The molecule has 0 aliphatic carbocycles. The fourth-order valence-electron chi connectivity index (χ4n) is 1.46. The summed E-state index contributed by atoms with van der Waals surface area (Å²) in [5.74, 6) is -12.7. The molecule has 0 heterocycles. The number of hydrogen-bond donors (Lipinski definition) is 0. The number of rotatable bonds is 5. The average Bonchev–Trinajstić information content (AvgIpc) is 2.46. The Labute approximate surface area is 120 Å². The lowest BCUT2D eigenvalue weighted by Gasteiger charge is -2.08. The van der Waals surface area contributed by atoms with Crippen molar-refractivity contribution in [1.29, 1.82) is 0 Å². The van der Waals surface area contributed by atoms with E-state index in [1.807, 2.05) is 0 Å². The van der Waals surface area contributed by atoms with Crippen molar-refractivity contribution in [3.8, 4) is 0 Å². The van der Waals surface area contributed by atoms with E-state index in [-0.39, 0.29) is 6.61 Å². The Balaban J connectivity index is 3.60. The van der Waals surface area contributed by atoms with Crippen molar-refractivity contribution >= 4 is 17.4 Å². The number of carbonyl (C=O) groups excluding carboxylic acids is 2. The van der Waals surface area contributed by atoms with Crippen molar-refractivity contribution in [3.63, 3.8) is 0 Å². The quantitative estimate of drug-likeness (QED) is 0.0794. The minimum absolute atomic E-state index is 0.206. The Morgan fingerprint density at radius 2 is 1.64 bits per heavy atom. The van der Waals surface area contributed by atoms with Crippen molar-refractivity contribution in [1.82, 2.24) is 0 Å². The minimum Gasteiger partial charge on any atom is -0.462 e. The molecule has 0 amide bonds. The molecule has 0 fully saturated rings. The van der Waals surface area contributed by atoms with Gasteiger partial charge in [-0.3, -0.25) is 14.9 Å². The molecule has 0 spiro atoms. The molecule has 10 heteroatoms. The van der Waals surface area contributed by atoms with Crippen molar-refractivity contribution < 1.29 is 36.8 Å². The zero-order valence-corrected chi connectivity index (χ0v) is 10.9. The first-order chi connectivity index (χ1) is 10.1. The van der Waals surface area contributed by atoms with Gasteiger partial charge in [-0.05, 0) is 6.92 Å². The number of nitro groups is 1. The van der Waals surface area contributed by atoms with Crippen molar-refractivity contribution in [3.05, 3.63) is 51.1 Å². The predicted molar refractivity (Wildman–Crippen MR) is 63.0 cm³/mol. The van der Waals surface area contributed by atoms with E-state index >= 15 is 0 Å². The summed E-state index contributed by atoms with van der Waals surface area (Å²) in [5.41, 5.74) is -4.79. The molecular weight excluding hydrogens is 314 g/mol. The normalized spacial score (nSPS) is 10.2. The third-order valence-corrected chi connectivity index (χ3v) is 2.45. The molecule has 0 unspecified atom stereocenters. The monoisotopic (exact) mass is 321 g/mol. The zero-order valence-electron chi connectivity index (χ0n) is 10.9. The van der Waals surface area contributed by atoms with Gasteiger partial charge in [0.2, 0.25) is 17.4 Å². The Kier molecular flexibility index (Phi) is 4.97. The number of nitrogens with zero attached hydrogens (tertiary/aromatic N) is 1. The van der Waals surface area contributed by atoms with Crippen LogP contribution in [0.3, 0.4) is 0 Å². The van der Waals surface area contributed by atoms with Gasteiger partial charge in [0.1, 0.15) is 11.1 Å². The topological polar surface area (TPSA) is 86.5 Å². The lowest BCUT2D eigenvalue weighted by molar-refractivity contribution is -0.388. The minimum atomic E-state index is -2.46. The van der Waals surface area contributed by atoms with Crippen molar-refractivity contribution in [2.75, 3.05) is 6.61 Å². The maximum absolute atomic E-state index is 13.6. The van der Waals surface area contributed by atoms with Crippen LogP contribution < -0.4 is 0 Å². The number of benzene rings is 1. The summed E-state index contributed by atoms with van der Waals surface area (Å²) in [6.07, 6.45) is 0. The maximum Gasteiger partial charge on any atom is 0.341 e. The molecule has 0 bridgehead atoms. The van der Waals surface area contributed by atoms with E-state index in [0.29, 0.717) is 0 Å². The van der Waals surface area contributed by atoms with E-state index in [4.69, 9.17) is 0 Å². The molecule has 22 heavy (non-hydrogen) atoms. The highest BCUT2D eigenvalue weighted by Gasteiger charge is 2.38. The second kappa shape index (κ2) is 6.33. The number of carbonyl (C=O) groups is 2. The van der Waals surface area contributed by atoms with Gasteiger partial charge in [0.15, 0.2) is 11.6 Å². The molecule has 0 aliphatic heterocycles. The van der Waals surface area contributed by atoms with Gasteiger partial charge in [-0.1, -0.05) is 6.58 Å². The summed E-state index contributed by atoms with van der Waals surface area (Å²) < 4.78 is 57.6. The molecule has 0 N–H and O–H groups in total. The molecule has 0 aromatic heterocycles. The van der Waals surface area contributed by atoms with E-state index in [1.54, 1.807) is 0 Å². The molecule has 0 saturated heterocycles. The van der Waals surface area contributed by atoms with Crippen LogP contribution >= 0.6 is 0 Å². The molecule has 1 aromatic rings. The first kappa shape index (κ1) is 17.3. The second-order valence-electron chi connectivity index (χ2n) is 3.76. The molecular formula is C12H7F4NO5. The molecule has 0 aliphatic rings. The Morgan fingerprint density at radius 3 is 2.09 bits per heavy atom. The fraction of sp³-hybridized carbons (Fsp3) is 0.167. The number of ether oxygens (including phenoxy) is 1. The van der Waals surface area contributed by atoms with Crippen LogP contribution in [0, 0.1) is 33.4 Å². The van der Waals surface area contributed by atoms with Crippen LogP contribution in [0.2, 0.25) is 0 Å². The molecule has 1 aromatic carbocycles. The van der Waals surface area contributed by atoms with Crippen LogP contribution in [-0.4, -0.2) is 23.3 Å². The molecule has 0 radical (unpaired) electrons. The molecule has 0 saturated carbocycles. The zero-order chi connectivity index (χ0) is 17.2. The SMILES string of the molecule is C=C(C(=O)OCC)C(=O)c1c(F)c(F)c(F)c(F)c1[N+](=O)[O-]. The lowest BCUT2D eigenvalue weighted by atomic mass is 10.0. The van der Waals surface area contributed by atoms with Gasteiger partial charge < -0.3 is 4.74 Å². The highest BCUT2D eigenvalue weighted by molar-refractivity contribution is 6.25. The van der Waals surface area contributed by atoms with Crippen LogP contribution in [0.1, 0.15) is 17.3 Å². The summed E-state index contributed by atoms with van der Waals surface area (Å²) in [5, 5.41) is 10.7. The Morgan fingerprint density at radius 1 is 1.14 bits per heavy atom. The van der Waals surface area contributed by atoms with Gasteiger partial charge >= 0.3 is 11.7 Å². The Hall–Kier alpha value is -2.78. The van der Waals surface area contributed by atoms with E-state index in [1.165, 1.54) is 6.92 Å². The van der Waals surface area contributed by atoms with Crippen LogP contribution in [-0.2, 0) is 9.53 Å². The molecule has 1 rings (SSSR count). The van der Waals surface area contributed by atoms with Crippen LogP contribution in [0.25, 0.3) is 0 Å². The average molecular weight is 321 g/mol.